The van der Waals surface area contributed by atoms with Gasteiger partial charge in [-0.15, -0.1) is 11.3 Å². The first kappa shape index (κ1) is 15.7. The van der Waals surface area contributed by atoms with Crippen LogP contribution in [0.4, 0.5) is 0 Å². The number of nitrogens with zero attached hydrogens (tertiary/aromatic N) is 4. The average molecular weight is 385 g/mol. The summed E-state index contributed by atoms with van der Waals surface area (Å²) in [4.78, 5) is 23.8. The highest BCUT2D eigenvalue weighted by Crippen LogP contribution is 2.34. The van der Waals surface area contributed by atoms with Crippen LogP contribution in [-0.4, -0.2) is 19.7 Å². The summed E-state index contributed by atoms with van der Waals surface area (Å²) in [7, 11) is 0. The van der Waals surface area contributed by atoms with Gasteiger partial charge in [-0.1, -0.05) is 16.8 Å². The second-order valence-electron chi connectivity index (χ2n) is 6.23. The number of aromatic nitrogens is 4. The molecule has 5 rings (SSSR count). The van der Waals surface area contributed by atoms with Crippen molar-refractivity contribution >= 4 is 33.2 Å². The molecule has 0 saturated carbocycles. The van der Waals surface area contributed by atoms with Gasteiger partial charge < -0.3 is 4.52 Å². The Morgan fingerprint density at radius 2 is 2.08 bits per heavy atom. The highest BCUT2D eigenvalue weighted by Gasteiger charge is 2.21. The third-order valence-corrected chi connectivity index (χ3v) is 6.02. The number of benzene rings is 1. The molecule has 130 valence electrons. The fourth-order valence-corrected chi connectivity index (χ4v) is 4.66. The Hall–Kier alpha value is -2.51. The highest BCUT2D eigenvalue weighted by molar-refractivity contribution is 7.18. The minimum absolute atomic E-state index is 0.0411. The molecular weight excluding hydrogens is 372 g/mol. The van der Waals surface area contributed by atoms with Gasteiger partial charge in [0.1, 0.15) is 11.4 Å². The summed E-state index contributed by atoms with van der Waals surface area (Å²) in [5, 5.41) is 5.39. The van der Waals surface area contributed by atoms with Gasteiger partial charge >= 0.3 is 0 Å². The standard InChI is InChI=1S/C18H13ClN4O2S/c19-11-6-4-10(5-7-11)16-21-14(25-22-16)8-23-9-20-17-15(18(23)24)12-2-1-3-13(12)26-17/h4-7,9H,1-3,8H2. The Labute approximate surface area is 157 Å². The van der Waals surface area contributed by atoms with E-state index in [1.54, 1.807) is 29.8 Å². The van der Waals surface area contributed by atoms with Crippen molar-refractivity contribution in [3.63, 3.8) is 0 Å². The summed E-state index contributed by atoms with van der Waals surface area (Å²) in [6.07, 6.45) is 4.67. The van der Waals surface area contributed by atoms with Crippen LogP contribution in [0.15, 0.2) is 39.9 Å². The van der Waals surface area contributed by atoms with Gasteiger partial charge in [0.2, 0.25) is 11.7 Å². The van der Waals surface area contributed by atoms with E-state index in [2.05, 4.69) is 15.1 Å². The van der Waals surface area contributed by atoms with E-state index in [1.165, 1.54) is 15.0 Å². The van der Waals surface area contributed by atoms with E-state index in [0.717, 1.165) is 35.0 Å². The third kappa shape index (κ3) is 2.55. The predicted octanol–water partition coefficient (Wildman–Crippen LogP) is 3.70. The number of hydrogen-bond donors (Lipinski definition) is 0. The normalized spacial score (nSPS) is 13.4. The lowest BCUT2D eigenvalue weighted by atomic mass is 10.2. The molecule has 0 radical (unpaired) electrons. The maximum Gasteiger partial charge on any atom is 0.262 e. The molecule has 0 atom stereocenters. The molecule has 0 amide bonds. The summed E-state index contributed by atoms with van der Waals surface area (Å²) >= 11 is 7.53. The van der Waals surface area contributed by atoms with E-state index in [0.29, 0.717) is 16.7 Å². The number of halogens is 1. The Bertz CT molecular complexity index is 1180. The molecule has 1 aromatic carbocycles. The van der Waals surface area contributed by atoms with Crippen LogP contribution in [0, 0.1) is 0 Å². The topological polar surface area (TPSA) is 73.8 Å². The summed E-state index contributed by atoms with van der Waals surface area (Å²) in [6.45, 7) is 0.201. The Morgan fingerprint density at radius 3 is 2.92 bits per heavy atom. The molecule has 1 aliphatic rings. The minimum Gasteiger partial charge on any atom is -0.337 e. The van der Waals surface area contributed by atoms with Crippen molar-refractivity contribution < 1.29 is 4.52 Å². The quantitative estimate of drug-likeness (QED) is 0.538. The molecule has 0 saturated heterocycles. The van der Waals surface area contributed by atoms with Crippen molar-refractivity contribution in [1.82, 2.24) is 19.7 Å². The first-order valence-corrected chi connectivity index (χ1v) is 9.47. The van der Waals surface area contributed by atoms with Crippen LogP contribution in [0.5, 0.6) is 0 Å². The van der Waals surface area contributed by atoms with Gasteiger partial charge in [-0.25, -0.2) is 4.98 Å². The van der Waals surface area contributed by atoms with Crippen LogP contribution < -0.4 is 5.56 Å². The van der Waals surface area contributed by atoms with Crippen LogP contribution in [0.1, 0.15) is 22.8 Å². The van der Waals surface area contributed by atoms with Crippen molar-refractivity contribution in [1.29, 1.82) is 0 Å². The maximum atomic E-state index is 12.9. The SMILES string of the molecule is O=c1c2c3c(sc2ncn1Cc1nc(-c2ccc(Cl)cc2)no1)CCC3. The van der Waals surface area contributed by atoms with Crippen LogP contribution in [-0.2, 0) is 19.4 Å². The zero-order valence-electron chi connectivity index (χ0n) is 13.6. The van der Waals surface area contributed by atoms with Gasteiger partial charge in [-0.2, -0.15) is 4.98 Å². The first-order chi connectivity index (χ1) is 12.7. The van der Waals surface area contributed by atoms with Crippen molar-refractivity contribution in [2.75, 3.05) is 0 Å². The van der Waals surface area contributed by atoms with Crippen molar-refractivity contribution in [3.8, 4) is 11.4 Å². The number of hydrogen-bond acceptors (Lipinski definition) is 6. The monoisotopic (exact) mass is 384 g/mol. The summed E-state index contributed by atoms with van der Waals surface area (Å²) in [5.74, 6) is 0.834. The van der Waals surface area contributed by atoms with Gasteiger partial charge in [-0.3, -0.25) is 9.36 Å². The molecule has 0 aliphatic heterocycles. The molecule has 0 fully saturated rings. The summed E-state index contributed by atoms with van der Waals surface area (Å²) < 4.78 is 6.85. The molecule has 26 heavy (non-hydrogen) atoms. The lowest BCUT2D eigenvalue weighted by Crippen LogP contribution is -2.21. The molecule has 3 aromatic heterocycles. The fraction of sp³-hybridized carbons (Fsp3) is 0.222. The zero-order valence-corrected chi connectivity index (χ0v) is 15.2. The molecular formula is C18H13ClN4O2S. The van der Waals surface area contributed by atoms with Crippen molar-refractivity contribution in [2.24, 2.45) is 0 Å². The first-order valence-electron chi connectivity index (χ1n) is 8.27. The third-order valence-electron chi connectivity index (χ3n) is 4.57. The van der Waals surface area contributed by atoms with Gasteiger partial charge in [0.15, 0.2) is 0 Å². The summed E-state index contributed by atoms with van der Waals surface area (Å²) in [6, 6.07) is 7.19. The Kier molecular flexibility index (Phi) is 3.65. The van der Waals surface area contributed by atoms with Gasteiger partial charge in [-0.05, 0) is 49.1 Å². The minimum atomic E-state index is -0.0411. The van der Waals surface area contributed by atoms with Crippen LogP contribution in [0.3, 0.4) is 0 Å². The highest BCUT2D eigenvalue weighted by atomic mass is 35.5. The van der Waals surface area contributed by atoms with Gasteiger partial charge in [0, 0.05) is 15.5 Å². The molecule has 3 heterocycles. The zero-order chi connectivity index (χ0) is 17.7. The second kappa shape index (κ2) is 6.03. The van der Waals surface area contributed by atoms with Crippen molar-refractivity contribution in [3.05, 3.63) is 62.3 Å². The molecule has 6 nitrogen and oxygen atoms in total. The van der Waals surface area contributed by atoms with E-state index in [9.17, 15) is 4.79 Å². The maximum absolute atomic E-state index is 12.9. The molecule has 0 bridgehead atoms. The Balaban J connectivity index is 1.49. The van der Waals surface area contributed by atoms with Gasteiger partial charge in [0.25, 0.3) is 5.56 Å². The lowest BCUT2D eigenvalue weighted by molar-refractivity contribution is 0.369. The van der Waals surface area contributed by atoms with E-state index < -0.39 is 0 Å². The number of rotatable bonds is 3. The van der Waals surface area contributed by atoms with E-state index in [1.807, 2.05) is 12.1 Å². The molecule has 4 aromatic rings. The number of fused-ring (bicyclic) bond motifs is 3. The fourth-order valence-electron chi connectivity index (χ4n) is 3.31. The molecule has 8 heteroatoms. The predicted molar refractivity (Wildman–Crippen MR) is 99.8 cm³/mol. The second-order valence-corrected chi connectivity index (χ2v) is 7.75. The van der Waals surface area contributed by atoms with E-state index >= 15 is 0 Å². The lowest BCUT2D eigenvalue weighted by Gasteiger charge is -2.02. The van der Waals surface area contributed by atoms with Crippen LogP contribution in [0.2, 0.25) is 5.02 Å². The van der Waals surface area contributed by atoms with E-state index in [-0.39, 0.29) is 12.1 Å². The molecule has 0 spiro atoms. The number of thiophene rings is 1. The van der Waals surface area contributed by atoms with Crippen molar-refractivity contribution in [2.45, 2.75) is 25.8 Å². The smallest absolute Gasteiger partial charge is 0.262 e. The number of aryl methyl sites for hydroxylation is 2. The van der Waals surface area contributed by atoms with Gasteiger partial charge in [0.05, 0.1) is 11.7 Å². The molecule has 1 aliphatic carbocycles. The largest absolute Gasteiger partial charge is 0.337 e. The molecule has 0 N–H and O–H groups in total. The van der Waals surface area contributed by atoms with E-state index in [4.69, 9.17) is 16.1 Å². The summed E-state index contributed by atoms with van der Waals surface area (Å²) in [5.41, 5.74) is 1.94. The average Bonchev–Trinajstić information content (AvgIpc) is 3.34. The Morgan fingerprint density at radius 1 is 1.23 bits per heavy atom. The van der Waals surface area contributed by atoms with Crippen LogP contribution >= 0.6 is 22.9 Å². The molecule has 0 unspecified atom stereocenters. The van der Waals surface area contributed by atoms with Crippen LogP contribution in [0.25, 0.3) is 21.6 Å².